The van der Waals surface area contributed by atoms with Gasteiger partial charge in [-0.05, 0) is 41.1 Å². The lowest BCUT2D eigenvalue weighted by molar-refractivity contribution is 1.47. The number of halogens is 1. The van der Waals surface area contributed by atoms with Gasteiger partial charge < -0.3 is 0 Å². The van der Waals surface area contributed by atoms with E-state index in [1.807, 2.05) is 25.1 Å². The van der Waals surface area contributed by atoms with Gasteiger partial charge in [0.15, 0.2) is 0 Å². The second-order valence-electron chi connectivity index (χ2n) is 1.95. The lowest BCUT2D eigenvalue weighted by Crippen LogP contribution is -2.07. The van der Waals surface area contributed by atoms with Crippen molar-refractivity contribution >= 4 is 35.9 Å². The number of rotatable bonds is 0. The van der Waals surface area contributed by atoms with Crippen molar-refractivity contribution in [3.8, 4) is 0 Å². The van der Waals surface area contributed by atoms with Crippen molar-refractivity contribution < 1.29 is 0 Å². The summed E-state index contributed by atoms with van der Waals surface area (Å²) in [5, 5.41) is 0. The first-order chi connectivity index (χ1) is 4.22. The molecule has 2 heteroatoms. The Hall–Kier alpha value is 0.0149. The Bertz CT molecular complexity index is 200. The highest BCUT2D eigenvalue weighted by Crippen LogP contribution is 2.06. The van der Waals surface area contributed by atoms with E-state index in [2.05, 4.69) is 22.6 Å². The molecule has 0 amide bonds. The molecule has 0 aliphatic heterocycles. The summed E-state index contributed by atoms with van der Waals surface area (Å²) in [5.41, 5.74) is 2.06. The van der Waals surface area contributed by atoms with E-state index in [-0.39, 0.29) is 0 Å². The van der Waals surface area contributed by atoms with Gasteiger partial charge in [0.1, 0.15) is 7.85 Å². The fourth-order valence-corrected chi connectivity index (χ4v) is 1.14. The molecule has 0 heterocycles. The van der Waals surface area contributed by atoms with Crippen molar-refractivity contribution in [3.05, 3.63) is 27.3 Å². The molecular formula is C7H6BI. The van der Waals surface area contributed by atoms with E-state index in [1.54, 1.807) is 0 Å². The quantitative estimate of drug-likeness (QED) is 0.464. The largest absolute Gasteiger partial charge is 0.114 e. The van der Waals surface area contributed by atoms with Crippen LogP contribution in [0, 0.1) is 10.5 Å². The van der Waals surface area contributed by atoms with E-state index in [0.717, 1.165) is 5.46 Å². The lowest BCUT2D eigenvalue weighted by Gasteiger charge is -1.99. The summed E-state index contributed by atoms with van der Waals surface area (Å²) < 4.78 is 1.23. The first-order valence-electron chi connectivity index (χ1n) is 2.72. The van der Waals surface area contributed by atoms with Gasteiger partial charge in [0, 0.05) is 3.57 Å². The summed E-state index contributed by atoms with van der Waals surface area (Å²) in [6.45, 7) is 2.02. The van der Waals surface area contributed by atoms with Crippen LogP contribution in [-0.4, -0.2) is 7.85 Å². The molecule has 0 aliphatic rings. The van der Waals surface area contributed by atoms with Crippen molar-refractivity contribution in [1.29, 1.82) is 0 Å². The molecule has 9 heavy (non-hydrogen) atoms. The van der Waals surface area contributed by atoms with Crippen LogP contribution in [0.25, 0.3) is 0 Å². The van der Waals surface area contributed by atoms with Gasteiger partial charge in [0.25, 0.3) is 0 Å². The Morgan fingerprint density at radius 3 is 2.56 bits per heavy atom. The number of hydrogen-bond acceptors (Lipinski definition) is 0. The summed E-state index contributed by atoms with van der Waals surface area (Å²) in [6.07, 6.45) is 0. The summed E-state index contributed by atoms with van der Waals surface area (Å²) >= 11 is 2.27. The Morgan fingerprint density at radius 2 is 2.11 bits per heavy atom. The molecule has 0 fully saturated rings. The average Bonchev–Trinajstić information content (AvgIpc) is 1.83. The van der Waals surface area contributed by atoms with E-state index < -0.39 is 0 Å². The predicted molar refractivity (Wildman–Crippen MR) is 49.3 cm³/mol. The summed E-state index contributed by atoms with van der Waals surface area (Å²) in [6, 6.07) is 5.92. The van der Waals surface area contributed by atoms with Crippen molar-refractivity contribution in [2.45, 2.75) is 6.92 Å². The second-order valence-corrected chi connectivity index (χ2v) is 3.12. The molecule has 1 rings (SSSR count). The van der Waals surface area contributed by atoms with Crippen molar-refractivity contribution in [2.24, 2.45) is 0 Å². The minimum Gasteiger partial charge on any atom is -0.0928 e. The van der Waals surface area contributed by atoms with Gasteiger partial charge in [-0.15, -0.1) is 0 Å². The van der Waals surface area contributed by atoms with E-state index >= 15 is 0 Å². The summed E-state index contributed by atoms with van der Waals surface area (Å²) in [7, 11) is 5.62. The van der Waals surface area contributed by atoms with Gasteiger partial charge in [-0.25, -0.2) is 0 Å². The molecule has 1 aromatic rings. The molecule has 0 saturated carbocycles. The maximum Gasteiger partial charge on any atom is 0.114 e. The zero-order chi connectivity index (χ0) is 6.85. The Morgan fingerprint density at radius 1 is 1.44 bits per heavy atom. The molecular weight excluding hydrogens is 222 g/mol. The minimum atomic E-state index is 0.877. The normalized spacial score (nSPS) is 9.56. The van der Waals surface area contributed by atoms with Crippen LogP contribution in [0.4, 0.5) is 0 Å². The van der Waals surface area contributed by atoms with Gasteiger partial charge in [0.05, 0.1) is 0 Å². The molecule has 0 spiro atoms. The van der Waals surface area contributed by atoms with Crippen LogP contribution < -0.4 is 5.46 Å². The fourth-order valence-electron chi connectivity index (χ4n) is 0.624. The third-order valence-corrected chi connectivity index (χ3v) is 2.48. The maximum atomic E-state index is 5.62. The number of benzene rings is 1. The van der Waals surface area contributed by atoms with Gasteiger partial charge in [-0.1, -0.05) is 17.6 Å². The Kier molecular flexibility index (Phi) is 2.16. The van der Waals surface area contributed by atoms with Gasteiger partial charge in [-0.2, -0.15) is 0 Å². The predicted octanol–water partition coefficient (Wildman–Crippen LogP) is 1.39. The molecule has 0 unspecified atom stereocenters. The third kappa shape index (κ3) is 1.48. The minimum absolute atomic E-state index is 0.877. The van der Waals surface area contributed by atoms with Crippen molar-refractivity contribution in [3.63, 3.8) is 0 Å². The van der Waals surface area contributed by atoms with Crippen molar-refractivity contribution in [1.82, 2.24) is 0 Å². The zero-order valence-electron chi connectivity index (χ0n) is 5.19. The second kappa shape index (κ2) is 2.73. The average molecular weight is 228 g/mol. The molecule has 1 aromatic carbocycles. The first-order valence-corrected chi connectivity index (χ1v) is 3.80. The monoisotopic (exact) mass is 228 g/mol. The van der Waals surface area contributed by atoms with Crippen molar-refractivity contribution in [2.75, 3.05) is 0 Å². The van der Waals surface area contributed by atoms with Gasteiger partial charge >= 0.3 is 0 Å². The van der Waals surface area contributed by atoms with Crippen LogP contribution in [0.1, 0.15) is 5.56 Å². The van der Waals surface area contributed by atoms with E-state index in [1.165, 1.54) is 9.13 Å². The smallest absolute Gasteiger partial charge is 0.0928 e. The summed E-state index contributed by atoms with van der Waals surface area (Å²) in [5.74, 6) is 0. The van der Waals surface area contributed by atoms with Crippen LogP contribution in [0.2, 0.25) is 0 Å². The van der Waals surface area contributed by atoms with Gasteiger partial charge in [0.2, 0.25) is 0 Å². The maximum absolute atomic E-state index is 5.62. The van der Waals surface area contributed by atoms with Crippen LogP contribution in [-0.2, 0) is 0 Å². The molecule has 0 bridgehead atoms. The van der Waals surface area contributed by atoms with Crippen LogP contribution in [0.15, 0.2) is 18.2 Å². The van der Waals surface area contributed by atoms with Crippen LogP contribution >= 0.6 is 22.6 Å². The first kappa shape index (κ1) is 7.13. The van der Waals surface area contributed by atoms with Crippen LogP contribution in [0.5, 0.6) is 0 Å². The number of hydrogen-bond donors (Lipinski definition) is 0. The Balaban J connectivity index is 3.25. The zero-order valence-corrected chi connectivity index (χ0v) is 7.34. The Labute approximate surface area is 70.2 Å². The molecule has 0 N–H and O–H groups in total. The molecule has 0 aliphatic carbocycles. The molecule has 0 aromatic heterocycles. The highest BCUT2D eigenvalue weighted by atomic mass is 127. The molecule has 0 saturated heterocycles. The highest BCUT2D eigenvalue weighted by molar-refractivity contribution is 14.1. The standard InChI is InChI=1S/C7H6BI/c1-5-6(8)3-2-4-7(5)9/h2-4H,1H3. The van der Waals surface area contributed by atoms with E-state index in [0.29, 0.717) is 0 Å². The van der Waals surface area contributed by atoms with Crippen LogP contribution in [0.3, 0.4) is 0 Å². The summed E-state index contributed by atoms with van der Waals surface area (Å²) in [4.78, 5) is 0. The fraction of sp³-hybridized carbons (Fsp3) is 0.143. The molecule has 2 radical (unpaired) electrons. The van der Waals surface area contributed by atoms with E-state index in [4.69, 9.17) is 7.85 Å². The lowest BCUT2D eigenvalue weighted by atomic mass is 9.92. The molecule has 0 atom stereocenters. The molecule has 0 nitrogen and oxygen atoms in total. The van der Waals surface area contributed by atoms with E-state index in [9.17, 15) is 0 Å². The van der Waals surface area contributed by atoms with Gasteiger partial charge in [-0.3, -0.25) is 0 Å². The topological polar surface area (TPSA) is 0 Å². The SMILES string of the molecule is [B]c1cccc(I)c1C. The molecule has 44 valence electrons. The third-order valence-electron chi connectivity index (χ3n) is 1.31. The highest BCUT2D eigenvalue weighted by Gasteiger charge is 1.93.